The van der Waals surface area contributed by atoms with Crippen molar-refractivity contribution in [3.63, 3.8) is 0 Å². The highest BCUT2D eigenvalue weighted by Crippen LogP contribution is 2.66. The summed E-state index contributed by atoms with van der Waals surface area (Å²) in [5.41, 5.74) is 4.51. The van der Waals surface area contributed by atoms with Crippen molar-refractivity contribution < 1.29 is 9.47 Å². The minimum Gasteiger partial charge on any atom is -0.377 e. The summed E-state index contributed by atoms with van der Waals surface area (Å²) in [5.74, 6) is 6.57. The van der Waals surface area contributed by atoms with E-state index in [1.165, 1.54) is 16.1 Å². The number of nitrogens with one attached hydrogen (secondary N) is 1. The maximum absolute atomic E-state index is 5.86. The normalized spacial score (nSPS) is 31.2. The van der Waals surface area contributed by atoms with Gasteiger partial charge >= 0.3 is 0 Å². The fourth-order valence-corrected chi connectivity index (χ4v) is 9.42. The molecule has 3 atom stereocenters. The minimum atomic E-state index is -1.16. The molecule has 166 valence electrons. The molecule has 2 saturated heterocycles. The Balaban J connectivity index is 1.49. The standard InChI is InChI=1S/C24H27N5O2S/c1-32(2)20-14-30-9-6-24(20,32)21-17-4-3-15-13-31-10-8-29(15)23(17)28-22(27-21)18-11-25-12-19-16(18)5-7-26-19/h5,7,11-12,15,26H,1,3-4,6,8-10,13-14H2,2H3. The lowest BCUT2D eigenvalue weighted by Gasteiger charge is -2.42. The Kier molecular flexibility index (Phi) is 3.91. The van der Waals surface area contributed by atoms with Crippen molar-refractivity contribution in [2.75, 3.05) is 44.1 Å². The fourth-order valence-electron chi connectivity index (χ4n) is 6.08. The van der Waals surface area contributed by atoms with Crippen LogP contribution in [0.15, 0.2) is 24.7 Å². The number of pyridine rings is 1. The molecule has 0 radical (unpaired) electrons. The van der Waals surface area contributed by atoms with Gasteiger partial charge < -0.3 is 19.4 Å². The van der Waals surface area contributed by atoms with Crippen LogP contribution >= 0.6 is 9.21 Å². The van der Waals surface area contributed by atoms with E-state index < -0.39 is 9.21 Å². The zero-order valence-electron chi connectivity index (χ0n) is 18.3. The zero-order valence-corrected chi connectivity index (χ0v) is 19.1. The van der Waals surface area contributed by atoms with Gasteiger partial charge in [0.1, 0.15) is 5.82 Å². The largest absolute Gasteiger partial charge is 0.377 e. The first-order valence-electron chi connectivity index (χ1n) is 11.3. The van der Waals surface area contributed by atoms with E-state index in [0.717, 1.165) is 80.3 Å². The predicted molar refractivity (Wildman–Crippen MR) is 130 cm³/mol. The van der Waals surface area contributed by atoms with E-state index in [9.17, 15) is 0 Å². The van der Waals surface area contributed by atoms with Gasteiger partial charge in [-0.1, -0.05) is 5.87 Å². The number of fused-ring (bicyclic) bond motifs is 5. The van der Waals surface area contributed by atoms with Gasteiger partial charge in [-0.15, -0.1) is 0 Å². The molecule has 7 rings (SSSR count). The molecule has 4 aliphatic heterocycles. The smallest absolute Gasteiger partial charge is 0.164 e. The van der Waals surface area contributed by atoms with E-state index in [-0.39, 0.29) is 4.75 Å². The van der Waals surface area contributed by atoms with Crippen molar-refractivity contribution in [3.8, 4) is 11.4 Å². The Bertz CT molecular complexity index is 1390. The lowest BCUT2D eigenvalue weighted by Crippen LogP contribution is -2.49. The molecule has 3 aromatic heterocycles. The zero-order chi connectivity index (χ0) is 21.5. The molecule has 0 spiro atoms. The number of H-pyrrole nitrogens is 1. The number of nitrogens with zero attached hydrogens (tertiary/aromatic N) is 4. The van der Waals surface area contributed by atoms with E-state index in [0.29, 0.717) is 6.04 Å². The van der Waals surface area contributed by atoms with Crippen LogP contribution in [0.5, 0.6) is 0 Å². The molecule has 8 heteroatoms. The number of hydrogen-bond acceptors (Lipinski definition) is 6. The van der Waals surface area contributed by atoms with Crippen molar-refractivity contribution in [3.05, 3.63) is 35.9 Å². The van der Waals surface area contributed by atoms with E-state index in [4.69, 9.17) is 25.3 Å². The van der Waals surface area contributed by atoms with Crippen LogP contribution in [0.4, 0.5) is 5.82 Å². The van der Waals surface area contributed by atoms with Gasteiger partial charge in [-0.2, -0.15) is 9.21 Å². The Labute approximate surface area is 187 Å². The molecule has 7 nitrogen and oxygen atoms in total. The molecule has 3 unspecified atom stereocenters. The summed E-state index contributed by atoms with van der Waals surface area (Å²) in [6.07, 6.45) is 11.1. The maximum Gasteiger partial charge on any atom is 0.164 e. The molecular weight excluding hydrogens is 422 g/mol. The summed E-state index contributed by atoms with van der Waals surface area (Å²) in [7, 11) is -1.16. The van der Waals surface area contributed by atoms with E-state index in [1.807, 2.05) is 18.6 Å². The Morgan fingerprint density at radius 2 is 2.19 bits per heavy atom. The second kappa shape index (κ2) is 6.56. The van der Waals surface area contributed by atoms with Crippen LogP contribution in [0, 0.1) is 0 Å². The molecule has 1 N–H and O–H groups in total. The molecule has 0 aromatic carbocycles. The highest BCUT2D eigenvalue weighted by atomic mass is 32.2. The average molecular weight is 450 g/mol. The van der Waals surface area contributed by atoms with Gasteiger partial charge in [0, 0.05) is 42.1 Å². The van der Waals surface area contributed by atoms with Gasteiger partial charge in [-0.3, -0.25) is 4.98 Å². The van der Waals surface area contributed by atoms with Crippen LogP contribution < -0.4 is 4.90 Å². The fraction of sp³-hybridized carbons (Fsp3) is 0.458. The molecule has 0 amide bonds. The topological polar surface area (TPSA) is 76.2 Å². The summed E-state index contributed by atoms with van der Waals surface area (Å²) in [6, 6.07) is 2.48. The van der Waals surface area contributed by atoms with Crippen LogP contribution in [0.25, 0.3) is 22.3 Å². The predicted octanol–water partition coefficient (Wildman–Crippen LogP) is 2.84. The molecule has 32 heavy (non-hydrogen) atoms. The molecular formula is C24H27N5O2S. The number of ether oxygens (including phenoxy) is 2. The number of aromatic nitrogens is 4. The number of aromatic amines is 1. The number of rotatable bonds is 2. The monoisotopic (exact) mass is 449 g/mol. The quantitative estimate of drug-likeness (QED) is 0.607. The van der Waals surface area contributed by atoms with Crippen LogP contribution in [-0.2, 0) is 20.6 Å². The molecule has 0 bridgehead atoms. The number of hydrogen-bond donors (Lipinski definition) is 1. The summed E-state index contributed by atoms with van der Waals surface area (Å²) < 4.78 is 11.6. The van der Waals surface area contributed by atoms with E-state index in [2.05, 4.69) is 27.2 Å². The highest BCUT2D eigenvalue weighted by Gasteiger charge is 2.58. The number of anilines is 1. The van der Waals surface area contributed by atoms with Gasteiger partial charge in [0.05, 0.1) is 48.0 Å². The Morgan fingerprint density at radius 3 is 3.09 bits per heavy atom. The summed E-state index contributed by atoms with van der Waals surface area (Å²) in [4.78, 5) is 22.2. The van der Waals surface area contributed by atoms with Gasteiger partial charge in [-0.25, -0.2) is 9.97 Å². The summed E-state index contributed by atoms with van der Waals surface area (Å²) in [6.45, 7) is 3.89. The van der Waals surface area contributed by atoms with Gasteiger partial charge in [0.2, 0.25) is 0 Å². The lowest BCUT2D eigenvalue weighted by molar-refractivity contribution is 0.0890. The van der Waals surface area contributed by atoms with Gasteiger partial charge in [0.25, 0.3) is 0 Å². The van der Waals surface area contributed by atoms with Gasteiger partial charge in [0.15, 0.2) is 5.82 Å². The SMILES string of the molecule is C=S1(C)=C2COCCC21c1nc(-c2cncc3[nH]ccc23)nc2c1CCC1COCCN21. The van der Waals surface area contributed by atoms with Crippen LogP contribution in [0.2, 0.25) is 0 Å². The first-order chi connectivity index (χ1) is 15.6. The van der Waals surface area contributed by atoms with Crippen LogP contribution in [0.1, 0.15) is 24.1 Å². The third-order valence-corrected chi connectivity index (χ3v) is 11.4. The van der Waals surface area contributed by atoms with Crippen molar-refractivity contribution in [1.82, 2.24) is 19.9 Å². The second-order valence-electron chi connectivity index (χ2n) is 9.43. The molecule has 2 fully saturated rings. The lowest BCUT2D eigenvalue weighted by atomic mass is 9.87. The van der Waals surface area contributed by atoms with Crippen LogP contribution in [-0.4, -0.2) is 75.9 Å². The van der Waals surface area contributed by atoms with Crippen LogP contribution in [0.3, 0.4) is 0 Å². The average Bonchev–Trinajstić information content (AvgIpc) is 3.12. The van der Waals surface area contributed by atoms with Gasteiger partial charge in [-0.05, 0) is 36.4 Å². The van der Waals surface area contributed by atoms with Crippen molar-refractivity contribution >= 4 is 36.7 Å². The Morgan fingerprint density at radius 1 is 1.25 bits per heavy atom. The highest BCUT2D eigenvalue weighted by molar-refractivity contribution is 8.37. The first kappa shape index (κ1) is 19.1. The van der Waals surface area contributed by atoms with Crippen molar-refractivity contribution in [2.24, 2.45) is 0 Å². The third-order valence-electron chi connectivity index (χ3n) is 7.87. The van der Waals surface area contributed by atoms with Crippen molar-refractivity contribution in [1.29, 1.82) is 0 Å². The maximum atomic E-state index is 5.86. The molecule has 3 aromatic rings. The van der Waals surface area contributed by atoms with Crippen molar-refractivity contribution in [2.45, 2.75) is 30.1 Å². The molecule has 0 saturated carbocycles. The van der Waals surface area contributed by atoms with E-state index in [1.54, 1.807) is 0 Å². The molecule has 4 aliphatic rings. The molecule has 0 aliphatic carbocycles. The second-order valence-corrected chi connectivity index (χ2v) is 12.8. The Hall–Kier alpha value is -2.42. The first-order valence-corrected chi connectivity index (χ1v) is 13.5. The number of morpholine rings is 1. The third kappa shape index (κ3) is 2.37. The minimum absolute atomic E-state index is 0.0361. The summed E-state index contributed by atoms with van der Waals surface area (Å²) in [5, 5.41) is 1.11. The summed E-state index contributed by atoms with van der Waals surface area (Å²) >= 11 is 0. The van der Waals surface area contributed by atoms with E-state index >= 15 is 0 Å². The molecule has 7 heterocycles.